The Balaban J connectivity index is 1.96. The van der Waals surface area contributed by atoms with Gasteiger partial charge in [0.15, 0.2) is 18.6 Å². The van der Waals surface area contributed by atoms with Gasteiger partial charge in [0.1, 0.15) is 22.2 Å². The molecule has 1 aliphatic rings. The largest absolute Gasteiger partial charge is 0.508 e. The molecule has 1 aromatic heterocycles. The number of phenols is 1. The molecule has 0 aliphatic carbocycles. The number of Topliss-reactive ketones (excluding diaryl/α,β-unsaturated/α-hetero) is 2. The number of ketones is 2. The minimum Gasteiger partial charge on any atom is -0.508 e. The molecule has 14 heteroatoms. The van der Waals surface area contributed by atoms with Gasteiger partial charge in [-0.05, 0) is 75.2 Å². The average Bonchev–Trinajstić information content (AvgIpc) is 3.70. The van der Waals surface area contributed by atoms with Crippen LogP contribution < -0.4 is 5.32 Å². The third kappa shape index (κ3) is 15.1. The zero-order chi connectivity index (χ0) is 44.7. The maximum Gasteiger partial charge on any atom is 0.307 e. The van der Waals surface area contributed by atoms with Crippen LogP contribution in [0, 0.1) is 29.6 Å². The molecule has 0 spiro atoms. The van der Waals surface area contributed by atoms with E-state index in [9.17, 15) is 33.9 Å². The Morgan fingerprint density at radius 2 is 1.68 bits per heavy atom. The van der Waals surface area contributed by atoms with Crippen molar-refractivity contribution in [3.8, 4) is 5.75 Å². The smallest absolute Gasteiger partial charge is 0.307 e. The number of amides is 2. The molecule has 2 aromatic rings. The van der Waals surface area contributed by atoms with E-state index in [1.165, 1.54) is 11.8 Å². The molecule has 1 aliphatic heterocycles. The predicted octanol–water partition coefficient (Wildman–Crippen LogP) is 7.70. The number of aromatic nitrogens is 1. The lowest BCUT2D eigenvalue weighted by Crippen LogP contribution is -2.50. The van der Waals surface area contributed by atoms with Gasteiger partial charge >= 0.3 is 11.9 Å². The fourth-order valence-electron chi connectivity index (χ4n) is 8.00. The summed E-state index contributed by atoms with van der Waals surface area (Å²) >= 11 is 1.15. The first kappa shape index (κ1) is 50.2. The molecule has 3 rings (SSSR count). The minimum atomic E-state index is -0.959. The van der Waals surface area contributed by atoms with Crippen LogP contribution in [0.3, 0.4) is 0 Å². The van der Waals surface area contributed by atoms with Crippen LogP contribution in [0.2, 0.25) is 0 Å². The molecule has 334 valence electrons. The fourth-order valence-corrected chi connectivity index (χ4v) is 8.84. The van der Waals surface area contributed by atoms with E-state index in [1.807, 2.05) is 62.4 Å². The molecule has 13 nitrogen and oxygen atoms in total. The monoisotopic (exact) mass is 854 g/mol. The van der Waals surface area contributed by atoms with Gasteiger partial charge in [-0.25, -0.2) is 4.98 Å². The summed E-state index contributed by atoms with van der Waals surface area (Å²) in [7, 11) is 1.95. The number of likely N-dealkylation sites (tertiary alicyclic amines) is 1. The molecular formula is C46H70N4O9S. The first-order valence-electron chi connectivity index (χ1n) is 21.8. The Kier molecular flexibility index (Phi) is 20.3. The lowest BCUT2D eigenvalue weighted by molar-refractivity contribution is -0.161. The summed E-state index contributed by atoms with van der Waals surface area (Å²) in [4.78, 5) is 89.0. The molecule has 0 radical (unpaired) electrons. The SMILES string of the molecule is CCCC(=O)OCN(C(=O)[C@@H](CC(=O)[C@H]1CCCCN1C)C(C)CC)[C@H](C[C@@H](OC(C)=O)c1nc(C(=O)N[C@@H](Cc2ccc(O)cc2)C[C@H](C)C(=O)C(C)C)cs1)C(C)C. The number of nitrogens with one attached hydrogen (secondary N) is 1. The lowest BCUT2D eigenvalue weighted by atomic mass is 9.82. The molecule has 1 aromatic carbocycles. The minimum absolute atomic E-state index is 0.0255. The van der Waals surface area contributed by atoms with Gasteiger partial charge in [-0.15, -0.1) is 11.3 Å². The number of hydrogen-bond donors (Lipinski definition) is 2. The molecule has 0 bridgehead atoms. The number of benzene rings is 1. The second-order valence-corrected chi connectivity index (χ2v) is 18.2. The Bertz CT molecular complexity index is 1730. The highest BCUT2D eigenvalue weighted by molar-refractivity contribution is 7.09. The summed E-state index contributed by atoms with van der Waals surface area (Å²) in [5.74, 6) is -3.06. The number of nitrogens with zero attached hydrogens (tertiary/aromatic N) is 3. The third-order valence-corrected chi connectivity index (χ3v) is 12.7. The van der Waals surface area contributed by atoms with Gasteiger partial charge in [-0.1, -0.05) is 80.4 Å². The van der Waals surface area contributed by atoms with Gasteiger partial charge in [0.25, 0.3) is 5.91 Å². The van der Waals surface area contributed by atoms with Crippen molar-refractivity contribution in [3.63, 3.8) is 0 Å². The first-order valence-corrected chi connectivity index (χ1v) is 22.7. The number of ether oxygens (including phenoxy) is 2. The van der Waals surface area contributed by atoms with Gasteiger partial charge in [-0.2, -0.15) is 0 Å². The standard InChI is InChI=1S/C46H70N4O9S/c1-11-15-42(54)58-27-50(46(57)36(30(7)12-2)24-40(53)38-16-13-14-21-49(38)10)39(28(3)4)25-41(59-32(9)51)45-48-37(26-60-45)44(56)47-34(22-31(8)43(55)29(5)6)23-33-17-19-35(52)20-18-33/h17-20,26,28-31,34,36,38-39,41,52H,11-16,21-25,27H2,1-10H3,(H,47,56)/t30?,31-,34+,36-,38+,39+,41+/m0/s1. The second-order valence-electron chi connectivity index (χ2n) is 17.3. The maximum atomic E-state index is 14.9. The number of likely N-dealkylation sites (N-methyl/N-ethyl adjacent to an activating group) is 1. The molecule has 1 unspecified atom stereocenters. The topological polar surface area (TPSA) is 173 Å². The van der Waals surface area contributed by atoms with Crippen LogP contribution in [0.25, 0.3) is 0 Å². The number of rotatable bonds is 24. The zero-order valence-corrected chi connectivity index (χ0v) is 38.3. The van der Waals surface area contributed by atoms with Gasteiger partial charge in [0.05, 0.1) is 6.04 Å². The lowest BCUT2D eigenvalue weighted by Gasteiger charge is -2.39. The van der Waals surface area contributed by atoms with E-state index in [0.29, 0.717) is 30.7 Å². The molecular weight excluding hydrogens is 785 g/mol. The summed E-state index contributed by atoms with van der Waals surface area (Å²) in [6.45, 7) is 17.0. The van der Waals surface area contributed by atoms with E-state index in [4.69, 9.17) is 9.47 Å². The molecule has 2 N–H and O–H groups in total. The molecule has 1 saturated heterocycles. The van der Waals surface area contributed by atoms with Crippen LogP contribution in [0.4, 0.5) is 0 Å². The van der Waals surface area contributed by atoms with Crippen molar-refractivity contribution in [1.29, 1.82) is 0 Å². The number of thiazole rings is 1. The molecule has 2 amide bonds. The van der Waals surface area contributed by atoms with Crippen molar-refractivity contribution in [3.05, 3.63) is 45.9 Å². The van der Waals surface area contributed by atoms with Crippen molar-refractivity contribution in [2.24, 2.45) is 29.6 Å². The van der Waals surface area contributed by atoms with Crippen molar-refractivity contribution in [1.82, 2.24) is 20.1 Å². The highest BCUT2D eigenvalue weighted by Gasteiger charge is 2.39. The number of hydrogen-bond acceptors (Lipinski definition) is 12. The number of carbonyl (C=O) groups is 6. The summed E-state index contributed by atoms with van der Waals surface area (Å²) in [6, 6.07) is 5.39. The Hall–Kier alpha value is -4.17. The van der Waals surface area contributed by atoms with Gasteiger partial charge in [0.2, 0.25) is 5.91 Å². The first-order chi connectivity index (χ1) is 28.4. The molecule has 0 saturated carbocycles. The van der Waals surface area contributed by atoms with E-state index in [-0.39, 0.29) is 84.6 Å². The van der Waals surface area contributed by atoms with E-state index in [0.717, 1.165) is 42.7 Å². The highest BCUT2D eigenvalue weighted by Crippen LogP contribution is 2.34. The van der Waals surface area contributed by atoms with Crippen molar-refractivity contribution >= 4 is 46.7 Å². The van der Waals surface area contributed by atoms with E-state index in [2.05, 4.69) is 15.2 Å². The molecule has 60 heavy (non-hydrogen) atoms. The number of phenolic OH excluding ortho intramolecular Hbond substituents is 1. The highest BCUT2D eigenvalue weighted by atomic mass is 32.1. The normalized spacial score (nSPS) is 17.6. The van der Waals surface area contributed by atoms with Crippen LogP contribution >= 0.6 is 11.3 Å². The van der Waals surface area contributed by atoms with E-state index in [1.54, 1.807) is 29.6 Å². The Morgan fingerprint density at radius 3 is 2.27 bits per heavy atom. The maximum absolute atomic E-state index is 14.9. The average molecular weight is 855 g/mol. The van der Waals surface area contributed by atoms with Gasteiger partial charge in [-0.3, -0.25) is 33.7 Å². The fraction of sp³-hybridized carbons (Fsp3) is 0.674. The van der Waals surface area contributed by atoms with Gasteiger partial charge in [0, 0.05) is 61.4 Å². The van der Waals surface area contributed by atoms with Crippen molar-refractivity contribution < 1.29 is 43.3 Å². The van der Waals surface area contributed by atoms with Crippen molar-refractivity contribution in [2.45, 2.75) is 151 Å². The molecule has 2 heterocycles. The van der Waals surface area contributed by atoms with Crippen LogP contribution in [0.5, 0.6) is 5.75 Å². The summed E-state index contributed by atoms with van der Waals surface area (Å²) in [5.41, 5.74) is 0.980. The van der Waals surface area contributed by atoms with Crippen LogP contribution in [-0.2, 0) is 39.9 Å². The van der Waals surface area contributed by atoms with E-state index >= 15 is 0 Å². The predicted molar refractivity (Wildman–Crippen MR) is 232 cm³/mol. The van der Waals surface area contributed by atoms with Crippen LogP contribution in [0.1, 0.15) is 147 Å². The Labute approximate surface area is 361 Å². The number of piperidine rings is 1. The number of aromatic hydroxyl groups is 1. The van der Waals surface area contributed by atoms with Crippen molar-refractivity contribution in [2.75, 3.05) is 20.3 Å². The zero-order valence-electron chi connectivity index (χ0n) is 37.5. The molecule has 1 fully saturated rings. The summed E-state index contributed by atoms with van der Waals surface area (Å²) in [5, 5.41) is 14.8. The number of esters is 2. The quantitative estimate of drug-likeness (QED) is 0.0783. The summed E-state index contributed by atoms with van der Waals surface area (Å²) < 4.78 is 11.6. The second kappa shape index (κ2) is 24.3. The van der Waals surface area contributed by atoms with Crippen LogP contribution in [0.15, 0.2) is 29.6 Å². The van der Waals surface area contributed by atoms with Gasteiger partial charge < -0.3 is 24.8 Å². The summed E-state index contributed by atoms with van der Waals surface area (Å²) in [6.07, 6.45) is 4.12. The van der Waals surface area contributed by atoms with Crippen LogP contribution in [-0.4, -0.2) is 93.7 Å². The van der Waals surface area contributed by atoms with E-state index < -0.39 is 42.0 Å². The third-order valence-electron chi connectivity index (χ3n) is 11.7. The molecule has 7 atom stereocenters. The Morgan fingerprint density at radius 1 is 1.00 bits per heavy atom. The number of carbonyl (C=O) groups excluding carboxylic acids is 6.